The molecule has 10 heteroatoms. The third kappa shape index (κ3) is 6.44. The number of amides is 1. The lowest BCUT2D eigenvalue weighted by atomic mass is 10.1. The number of aromatic nitrogens is 3. The zero-order valence-corrected chi connectivity index (χ0v) is 17.3. The first kappa shape index (κ1) is 21.0. The molecular weight excluding hydrogens is 390 g/mol. The Bertz CT molecular complexity index is 844. The van der Waals surface area contributed by atoms with Gasteiger partial charge in [0.2, 0.25) is 4.77 Å². The zero-order chi connectivity index (χ0) is 20.0. The van der Waals surface area contributed by atoms with Gasteiger partial charge in [0.25, 0.3) is 5.91 Å². The molecule has 0 bridgehead atoms. The molecule has 8 nitrogen and oxygen atoms in total. The molecule has 0 aliphatic carbocycles. The summed E-state index contributed by atoms with van der Waals surface area (Å²) < 4.78 is 13.3. The van der Waals surface area contributed by atoms with Crippen LogP contribution in [0.1, 0.15) is 33.3 Å². The summed E-state index contributed by atoms with van der Waals surface area (Å²) in [6.45, 7) is 8.30. The summed E-state index contributed by atoms with van der Waals surface area (Å²) >= 11 is 11.5. The Morgan fingerprint density at radius 2 is 2.04 bits per heavy atom. The number of halogens is 1. The van der Waals surface area contributed by atoms with Gasteiger partial charge in [-0.05, 0) is 51.5 Å². The Morgan fingerprint density at radius 3 is 2.63 bits per heavy atom. The van der Waals surface area contributed by atoms with E-state index in [4.69, 9.17) is 33.3 Å². The van der Waals surface area contributed by atoms with E-state index >= 15 is 0 Å². The molecule has 1 amide bonds. The van der Waals surface area contributed by atoms with Crippen LogP contribution in [0.25, 0.3) is 0 Å². The molecule has 1 aromatic carbocycles. The number of rotatable bonds is 8. The Kier molecular flexibility index (Phi) is 7.09. The molecule has 0 unspecified atom stereocenters. The van der Waals surface area contributed by atoms with Crippen molar-refractivity contribution < 1.29 is 14.3 Å². The second-order valence-corrected chi connectivity index (χ2v) is 7.57. The summed E-state index contributed by atoms with van der Waals surface area (Å²) in [7, 11) is 0. The number of carbonyl (C=O) groups excluding carboxylic acids is 1. The average molecular weight is 414 g/mol. The number of carbonyl (C=O) groups is 1. The van der Waals surface area contributed by atoms with Crippen LogP contribution in [0.5, 0.6) is 11.5 Å². The third-order valence-electron chi connectivity index (χ3n) is 3.28. The van der Waals surface area contributed by atoms with Gasteiger partial charge in [0, 0.05) is 16.6 Å². The largest absolute Gasteiger partial charge is 0.490 e. The summed E-state index contributed by atoms with van der Waals surface area (Å²) in [5.41, 5.74) is 3.55. The lowest BCUT2D eigenvalue weighted by Gasteiger charge is -2.21. The summed E-state index contributed by atoms with van der Waals surface area (Å²) in [5.74, 6) is 0.703. The minimum Gasteiger partial charge on any atom is -0.490 e. The van der Waals surface area contributed by atoms with E-state index in [-0.39, 0.29) is 18.1 Å². The highest BCUT2D eigenvalue weighted by Gasteiger charge is 2.16. The highest BCUT2D eigenvalue weighted by Crippen LogP contribution is 2.33. The SMILES string of the molecule is CCOc1cc(CNn2cn[nH]c2=S)c(Cl)cc1OCC(=O)NC(C)(C)C. The molecular formula is C17H24ClN5O3S. The number of ether oxygens (including phenoxy) is 2. The van der Waals surface area contributed by atoms with E-state index in [1.165, 1.54) is 6.33 Å². The normalized spacial score (nSPS) is 11.1. The maximum absolute atomic E-state index is 12.0. The van der Waals surface area contributed by atoms with Crippen molar-refractivity contribution in [3.05, 3.63) is 33.8 Å². The van der Waals surface area contributed by atoms with Crippen molar-refractivity contribution >= 4 is 29.7 Å². The molecule has 0 saturated heterocycles. The van der Waals surface area contributed by atoms with Crippen LogP contribution in [0, 0.1) is 4.77 Å². The zero-order valence-electron chi connectivity index (χ0n) is 15.8. The van der Waals surface area contributed by atoms with Gasteiger partial charge in [0.15, 0.2) is 18.1 Å². The van der Waals surface area contributed by atoms with Crippen molar-refractivity contribution in [1.82, 2.24) is 20.2 Å². The fourth-order valence-corrected chi connectivity index (χ4v) is 2.61. The molecule has 0 radical (unpaired) electrons. The summed E-state index contributed by atoms with van der Waals surface area (Å²) in [6.07, 6.45) is 1.53. The molecule has 0 spiro atoms. The minimum atomic E-state index is -0.329. The topological polar surface area (TPSA) is 93.2 Å². The van der Waals surface area contributed by atoms with Crippen molar-refractivity contribution in [3.8, 4) is 11.5 Å². The quantitative estimate of drug-likeness (QED) is 0.576. The van der Waals surface area contributed by atoms with Crippen LogP contribution in [0.4, 0.5) is 0 Å². The Balaban J connectivity index is 2.11. The van der Waals surface area contributed by atoms with E-state index in [2.05, 4.69) is 20.9 Å². The van der Waals surface area contributed by atoms with Crippen LogP contribution in [-0.2, 0) is 11.3 Å². The maximum Gasteiger partial charge on any atom is 0.258 e. The molecule has 0 saturated carbocycles. The first-order valence-electron chi connectivity index (χ1n) is 8.44. The van der Waals surface area contributed by atoms with E-state index < -0.39 is 0 Å². The van der Waals surface area contributed by atoms with Crippen molar-refractivity contribution in [3.63, 3.8) is 0 Å². The van der Waals surface area contributed by atoms with Gasteiger partial charge in [-0.25, -0.2) is 4.68 Å². The van der Waals surface area contributed by atoms with Gasteiger partial charge in [0.1, 0.15) is 6.33 Å². The number of benzene rings is 1. The maximum atomic E-state index is 12.0. The van der Waals surface area contributed by atoms with Gasteiger partial charge in [-0.2, -0.15) is 5.10 Å². The monoisotopic (exact) mass is 413 g/mol. The van der Waals surface area contributed by atoms with Gasteiger partial charge in [0.05, 0.1) is 13.2 Å². The van der Waals surface area contributed by atoms with Gasteiger partial charge >= 0.3 is 0 Å². The number of hydrogen-bond donors (Lipinski definition) is 3. The number of hydrogen-bond acceptors (Lipinski definition) is 6. The van der Waals surface area contributed by atoms with Crippen LogP contribution < -0.4 is 20.2 Å². The summed E-state index contributed by atoms with van der Waals surface area (Å²) in [4.78, 5) is 12.0. The highest BCUT2D eigenvalue weighted by molar-refractivity contribution is 7.71. The number of nitrogens with one attached hydrogen (secondary N) is 3. The first-order valence-corrected chi connectivity index (χ1v) is 9.23. The molecule has 3 N–H and O–H groups in total. The Hall–Kier alpha value is -2.26. The van der Waals surface area contributed by atoms with Crippen molar-refractivity contribution in [1.29, 1.82) is 0 Å². The van der Waals surface area contributed by atoms with E-state index in [0.29, 0.717) is 34.4 Å². The molecule has 0 aliphatic heterocycles. The Morgan fingerprint density at radius 1 is 1.33 bits per heavy atom. The molecule has 27 heavy (non-hydrogen) atoms. The van der Waals surface area contributed by atoms with Crippen LogP contribution in [-0.4, -0.2) is 39.5 Å². The van der Waals surface area contributed by atoms with Crippen LogP contribution in [0.2, 0.25) is 5.02 Å². The van der Waals surface area contributed by atoms with Crippen LogP contribution >= 0.6 is 23.8 Å². The number of H-pyrrole nitrogens is 1. The molecule has 1 heterocycles. The first-order chi connectivity index (χ1) is 12.7. The standard InChI is InChI=1S/C17H24ClN5O3S/c1-5-25-13-6-11(8-20-23-10-19-22-16(23)27)12(18)7-14(13)26-9-15(24)21-17(2,3)4/h6-7,10,20H,5,8-9H2,1-4H3,(H,21,24)(H,22,27). The predicted molar refractivity (Wildman–Crippen MR) is 106 cm³/mol. The van der Waals surface area contributed by atoms with Gasteiger partial charge < -0.3 is 20.2 Å². The van der Waals surface area contributed by atoms with Crippen LogP contribution in [0.15, 0.2) is 18.5 Å². The molecule has 2 rings (SSSR count). The number of aromatic amines is 1. The average Bonchev–Trinajstić information content (AvgIpc) is 2.97. The van der Waals surface area contributed by atoms with E-state index in [9.17, 15) is 4.79 Å². The molecule has 1 aromatic heterocycles. The lowest BCUT2D eigenvalue weighted by molar-refractivity contribution is -0.124. The van der Waals surface area contributed by atoms with Crippen molar-refractivity contribution in [2.75, 3.05) is 18.6 Å². The molecule has 0 fully saturated rings. The summed E-state index contributed by atoms with van der Waals surface area (Å²) in [6, 6.07) is 3.42. The van der Waals surface area contributed by atoms with Crippen molar-refractivity contribution in [2.24, 2.45) is 0 Å². The van der Waals surface area contributed by atoms with Crippen LogP contribution in [0.3, 0.4) is 0 Å². The van der Waals surface area contributed by atoms with E-state index in [1.807, 2.05) is 27.7 Å². The third-order valence-corrected chi connectivity index (χ3v) is 3.92. The number of nitrogens with zero attached hydrogens (tertiary/aromatic N) is 2. The van der Waals surface area contributed by atoms with Crippen molar-refractivity contribution in [2.45, 2.75) is 39.8 Å². The van der Waals surface area contributed by atoms with Gasteiger partial charge in [-0.3, -0.25) is 9.89 Å². The smallest absolute Gasteiger partial charge is 0.258 e. The predicted octanol–water partition coefficient (Wildman–Crippen LogP) is 3.03. The second-order valence-electron chi connectivity index (χ2n) is 6.78. The second kappa shape index (κ2) is 9.09. The molecule has 0 atom stereocenters. The Labute approximate surface area is 168 Å². The molecule has 2 aromatic rings. The van der Waals surface area contributed by atoms with Gasteiger partial charge in [-0.1, -0.05) is 11.6 Å². The fraction of sp³-hybridized carbons (Fsp3) is 0.471. The van der Waals surface area contributed by atoms with E-state index in [1.54, 1.807) is 16.8 Å². The fourth-order valence-electron chi connectivity index (χ4n) is 2.22. The molecule has 0 aliphatic rings. The summed E-state index contributed by atoms with van der Waals surface area (Å²) in [5, 5.41) is 9.81. The van der Waals surface area contributed by atoms with Gasteiger partial charge in [-0.15, -0.1) is 0 Å². The highest BCUT2D eigenvalue weighted by atomic mass is 35.5. The van der Waals surface area contributed by atoms with E-state index in [0.717, 1.165) is 5.56 Å². The lowest BCUT2D eigenvalue weighted by Crippen LogP contribution is -2.43. The minimum absolute atomic E-state index is 0.130. The molecule has 148 valence electrons.